The first kappa shape index (κ1) is 9.35. The van der Waals surface area contributed by atoms with Crippen molar-refractivity contribution in [2.45, 2.75) is 6.92 Å². The number of hydrogen-bond acceptors (Lipinski definition) is 3. The summed E-state index contributed by atoms with van der Waals surface area (Å²) in [4.78, 5) is 8.14. The van der Waals surface area contributed by atoms with E-state index in [2.05, 4.69) is 9.97 Å². The van der Waals surface area contributed by atoms with Gasteiger partial charge in [0, 0.05) is 23.7 Å². The van der Waals surface area contributed by atoms with E-state index in [1.165, 1.54) is 0 Å². The molecule has 0 aliphatic carbocycles. The van der Waals surface area contributed by atoms with Gasteiger partial charge in [0.2, 0.25) is 0 Å². The lowest BCUT2D eigenvalue weighted by atomic mass is 10.1. The van der Waals surface area contributed by atoms with Gasteiger partial charge in [-0.3, -0.25) is 4.98 Å². The van der Waals surface area contributed by atoms with E-state index in [1.807, 2.05) is 31.2 Å². The number of pyridine rings is 2. The van der Waals surface area contributed by atoms with E-state index in [0.29, 0.717) is 5.69 Å². The zero-order chi connectivity index (χ0) is 10.7. The maximum Gasteiger partial charge on any atom is 0.141 e. The van der Waals surface area contributed by atoms with E-state index in [4.69, 9.17) is 5.26 Å². The van der Waals surface area contributed by atoms with Crippen LogP contribution in [0.5, 0.6) is 0 Å². The van der Waals surface area contributed by atoms with Gasteiger partial charge in [-0.15, -0.1) is 0 Å². The molecule has 0 saturated heterocycles. The lowest BCUT2D eigenvalue weighted by Crippen LogP contribution is -1.88. The maximum atomic E-state index is 8.75. The van der Waals surface area contributed by atoms with Gasteiger partial charge < -0.3 is 0 Å². The van der Waals surface area contributed by atoms with Crippen LogP contribution in [0.15, 0.2) is 36.7 Å². The minimum atomic E-state index is 0.427. The molecule has 0 spiro atoms. The van der Waals surface area contributed by atoms with Crippen molar-refractivity contribution in [3.63, 3.8) is 0 Å². The molecule has 0 radical (unpaired) electrons. The third-order valence-corrected chi connectivity index (χ3v) is 2.19. The molecule has 2 aromatic rings. The Bertz CT molecular complexity index is 526. The lowest BCUT2D eigenvalue weighted by Gasteiger charge is -2.03. The summed E-state index contributed by atoms with van der Waals surface area (Å²) in [5.41, 5.74) is 3.40. The Morgan fingerprint density at radius 3 is 2.80 bits per heavy atom. The minimum Gasteiger partial charge on any atom is -0.261 e. The third-order valence-electron chi connectivity index (χ3n) is 2.19. The molecular weight excluding hydrogens is 186 g/mol. The summed E-state index contributed by atoms with van der Waals surface area (Å²) in [7, 11) is 0. The first-order valence-corrected chi connectivity index (χ1v) is 4.59. The van der Waals surface area contributed by atoms with Crippen molar-refractivity contribution in [3.05, 3.63) is 48.0 Å². The third kappa shape index (κ3) is 1.84. The van der Waals surface area contributed by atoms with Crippen LogP contribution in [0.3, 0.4) is 0 Å². The van der Waals surface area contributed by atoms with Crippen LogP contribution in [0.25, 0.3) is 11.1 Å². The van der Waals surface area contributed by atoms with Crippen molar-refractivity contribution in [3.8, 4) is 17.2 Å². The molecule has 0 aliphatic heterocycles. The monoisotopic (exact) mass is 195 g/mol. The molecule has 0 amide bonds. The van der Waals surface area contributed by atoms with Crippen molar-refractivity contribution < 1.29 is 0 Å². The summed E-state index contributed by atoms with van der Waals surface area (Å²) in [6.45, 7) is 1.95. The van der Waals surface area contributed by atoms with Gasteiger partial charge in [0.25, 0.3) is 0 Å². The smallest absolute Gasteiger partial charge is 0.141 e. The topological polar surface area (TPSA) is 49.6 Å². The first-order valence-electron chi connectivity index (χ1n) is 4.59. The fourth-order valence-electron chi connectivity index (χ4n) is 1.45. The van der Waals surface area contributed by atoms with E-state index >= 15 is 0 Å². The van der Waals surface area contributed by atoms with Crippen LogP contribution in [0.4, 0.5) is 0 Å². The average Bonchev–Trinajstić information content (AvgIpc) is 2.30. The standard InChI is InChI=1S/C12H9N3/c1-9-12(3-2-5-14-9)10-4-6-15-11(7-10)8-13/h2-7H,1H3. The van der Waals surface area contributed by atoms with Gasteiger partial charge in [0.05, 0.1) is 0 Å². The summed E-state index contributed by atoms with van der Waals surface area (Å²) >= 11 is 0. The zero-order valence-electron chi connectivity index (χ0n) is 8.31. The maximum absolute atomic E-state index is 8.75. The number of hydrogen-bond donors (Lipinski definition) is 0. The molecule has 2 heterocycles. The highest BCUT2D eigenvalue weighted by molar-refractivity contribution is 5.66. The van der Waals surface area contributed by atoms with E-state index in [-0.39, 0.29) is 0 Å². The summed E-state index contributed by atoms with van der Waals surface area (Å²) < 4.78 is 0. The number of nitrogens with zero attached hydrogens (tertiary/aromatic N) is 3. The summed E-state index contributed by atoms with van der Waals surface area (Å²) in [5.74, 6) is 0. The molecule has 0 saturated carbocycles. The Morgan fingerprint density at radius 2 is 2.07 bits per heavy atom. The van der Waals surface area contributed by atoms with Crippen LogP contribution in [0.2, 0.25) is 0 Å². The highest BCUT2D eigenvalue weighted by atomic mass is 14.7. The largest absolute Gasteiger partial charge is 0.261 e. The number of nitriles is 1. The van der Waals surface area contributed by atoms with E-state index in [9.17, 15) is 0 Å². The van der Waals surface area contributed by atoms with Gasteiger partial charge in [-0.05, 0) is 30.7 Å². The van der Waals surface area contributed by atoms with Gasteiger partial charge in [0.15, 0.2) is 0 Å². The number of aryl methyl sites for hydroxylation is 1. The SMILES string of the molecule is Cc1ncccc1-c1ccnc(C#N)c1. The molecule has 0 N–H and O–H groups in total. The van der Waals surface area contributed by atoms with Gasteiger partial charge in [0.1, 0.15) is 11.8 Å². The summed E-state index contributed by atoms with van der Waals surface area (Å²) in [5, 5.41) is 8.75. The second-order valence-electron chi connectivity index (χ2n) is 3.18. The van der Waals surface area contributed by atoms with Gasteiger partial charge in [-0.2, -0.15) is 5.26 Å². The van der Waals surface area contributed by atoms with Crippen LogP contribution in [-0.4, -0.2) is 9.97 Å². The highest BCUT2D eigenvalue weighted by Gasteiger charge is 2.02. The molecule has 0 aromatic carbocycles. The van der Waals surface area contributed by atoms with Gasteiger partial charge >= 0.3 is 0 Å². The molecule has 15 heavy (non-hydrogen) atoms. The quantitative estimate of drug-likeness (QED) is 0.701. The second-order valence-corrected chi connectivity index (χ2v) is 3.18. The van der Waals surface area contributed by atoms with Gasteiger partial charge in [-0.25, -0.2) is 4.98 Å². The highest BCUT2D eigenvalue weighted by Crippen LogP contribution is 2.21. The molecule has 2 aromatic heterocycles. The Kier molecular flexibility index (Phi) is 2.42. The Labute approximate surface area is 88.1 Å². The molecular formula is C12H9N3. The Balaban J connectivity index is 2.55. The van der Waals surface area contributed by atoms with E-state index in [1.54, 1.807) is 18.5 Å². The van der Waals surface area contributed by atoms with Crippen molar-refractivity contribution in [2.24, 2.45) is 0 Å². The molecule has 3 nitrogen and oxygen atoms in total. The number of aromatic nitrogens is 2. The second kappa shape index (κ2) is 3.89. The van der Waals surface area contributed by atoms with Crippen molar-refractivity contribution >= 4 is 0 Å². The summed E-state index contributed by atoms with van der Waals surface area (Å²) in [6, 6.07) is 9.54. The fourth-order valence-corrected chi connectivity index (χ4v) is 1.45. The van der Waals surface area contributed by atoms with Gasteiger partial charge in [-0.1, -0.05) is 6.07 Å². The lowest BCUT2D eigenvalue weighted by molar-refractivity contribution is 1.20. The van der Waals surface area contributed by atoms with Crippen LogP contribution in [-0.2, 0) is 0 Å². The molecule has 0 atom stereocenters. The molecule has 3 heteroatoms. The van der Waals surface area contributed by atoms with Crippen LogP contribution in [0, 0.1) is 18.3 Å². The normalized spacial score (nSPS) is 9.60. The van der Waals surface area contributed by atoms with Crippen molar-refractivity contribution in [1.82, 2.24) is 9.97 Å². The average molecular weight is 195 g/mol. The molecule has 0 bridgehead atoms. The van der Waals surface area contributed by atoms with Crippen LogP contribution < -0.4 is 0 Å². The molecule has 0 aliphatic rings. The minimum absolute atomic E-state index is 0.427. The van der Waals surface area contributed by atoms with E-state index < -0.39 is 0 Å². The first-order chi connectivity index (χ1) is 7.31. The summed E-state index contributed by atoms with van der Waals surface area (Å²) in [6.07, 6.45) is 3.39. The Hall–Kier alpha value is -2.21. The predicted octanol–water partition coefficient (Wildman–Crippen LogP) is 2.32. The molecule has 2 rings (SSSR count). The molecule has 0 unspecified atom stereocenters. The predicted molar refractivity (Wildman–Crippen MR) is 56.9 cm³/mol. The molecule has 72 valence electrons. The zero-order valence-corrected chi connectivity index (χ0v) is 8.31. The Morgan fingerprint density at radius 1 is 1.20 bits per heavy atom. The fraction of sp³-hybridized carbons (Fsp3) is 0.0833. The number of rotatable bonds is 1. The van der Waals surface area contributed by atoms with Crippen LogP contribution in [0.1, 0.15) is 11.4 Å². The van der Waals surface area contributed by atoms with Crippen LogP contribution >= 0.6 is 0 Å². The van der Waals surface area contributed by atoms with Crippen molar-refractivity contribution in [2.75, 3.05) is 0 Å². The van der Waals surface area contributed by atoms with E-state index in [0.717, 1.165) is 16.8 Å². The van der Waals surface area contributed by atoms with Crippen molar-refractivity contribution in [1.29, 1.82) is 5.26 Å². The molecule has 0 fully saturated rings.